The molecular weight excluding hydrogens is 332 g/mol. The lowest BCUT2D eigenvalue weighted by molar-refractivity contribution is -0.385. The Morgan fingerprint density at radius 2 is 1.88 bits per heavy atom. The maximum absolute atomic E-state index is 12.4. The molecule has 124 valence electrons. The van der Waals surface area contributed by atoms with E-state index in [1.54, 1.807) is 29.2 Å². The topological polar surface area (TPSA) is 72.7 Å². The molecule has 0 radical (unpaired) electrons. The van der Waals surface area contributed by atoms with Crippen LogP contribution in [0, 0.1) is 10.1 Å². The van der Waals surface area contributed by atoms with Gasteiger partial charge < -0.3 is 9.64 Å². The summed E-state index contributed by atoms with van der Waals surface area (Å²) < 4.78 is 5.61. The summed E-state index contributed by atoms with van der Waals surface area (Å²) in [6.07, 6.45) is 2.02. The first-order valence-electron chi connectivity index (χ1n) is 7.56. The fourth-order valence-electron chi connectivity index (χ4n) is 2.66. The van der Waals surface area contributed by atoms with Crippen LogP contribution in [0.2, 0.25) is 5.02 Å². The number of hydrogen-bond acceptors (Lipinski definition) is 4. The number of rotatable bonds is 4. The molecule has 0 aliphatic carbocycles. The van der Waals surface area contributed by atoms with Crippen LogP contribution in [0.4, 0.5) is 5.69 Å². The number of carbonyl (C=O) groups is 1. The molecule has 1 fully saturated rings. The van der Waals surface area contributed by atoms with Crippen molar-refractivity contribution in [3.8, 4) is 11.5 Å². The van der Waals surface area contributed by atoms with Gasteiger partial charge in [-0.05, 0) is 37.1 Å². The fraction of sp³-hybridized carbons (Fsp3) is 0.235. The first-order valence-corrected chi connectivity index (χ1v) is 7.94. The zero-order valence-electron chi connectivity index (χ0n) is 12.8. The van der Waals surface area contributed by atoms with Gasteiger partial charge in [-0.15, -0.1) is 0 Å². The molecule has 1 amide bonds. The van der Waals surface area contributed by atoms with Crippen LogP contribution in [-0.4, -0.2) is 28.8 Å². The Labute approximate surface area is 143 Å². The number of carbonyl (C=O) groups excluding carboxylic acids is 1. The van der Waals surface area contributed by atoms with Crippen molar-refractivity contribution in [3.63, 3.8) is 0 Å². The minimum Gasteiger partial charge on any atom is -0.449 e. The van der Waals surface area contributed by atoms with Gasteiger partial charge in [0.1, 0.15) is 5.75 Å². The number of nitro groups is 1. The van der Waals surface area contributed by atoms with Gasteiger partial charge in [0, 0.05) is 24.7 Å². The molecule has 2 aromatic carbocycles. The molecule has 1 aliphatic heterocycles. The SMILES string of the molecule is O=C(c1cccc(Oc2c(Cl)cccc2[N+](=O)[O-])c1)N1CCCC1. The standard InChI is InChI=1S/C17H15ClN2O4/c18-14-7-4-8-15(20(22)23)16(14)24-13-6-3-5-12(11-13)17(21)19-9-1-2-10-19/h3-8,11H,1-2,9-10H2. The van der Waals surface area contributed by atoms with Crippen molar-refractivity contribution in [2.75, 3.05) is 13.1 Å². The monoisotopic (exact) mass is 346 g/mol. The molecule has 3 rings (SSSR count). The molecule has 6 nitrogen and oxygen atoms in total. The molecule has 0 saturated carbocycles. The van der Waals surface area contributed by atoms with Gasteiger partial charge in [-0.1, -0.05) is 23.7 Å². The number of para-hydroxylation sites is 1. The van der Waals surface area contributed by atoms with Gasteiger partial charge in [0.25, 0.3) is 5.91 Å². The molecule has 0 unspecified atom stereocenters. The zero-order valence-corrected chi connectivity index (χ0v) is 13.5. The molecule has 0 atom stereocenters. The Morgan fingerprint density at radius 1 is 1.17 bits per heavy atom. The molecule has 1 aliphatic rings. The van der Waals surface area contributed by atoms with Crippen molar-refractivity contribution in [1.82, 2.24) is 4.90 Å². The first kappa shape index (κ1) is 16.3. The predicted octanol–water partition coefficient (Wildman–Crippen LogP) is 4.28. The normalized spacial score (nSPS) is 13.8. The second-order valence-electron chi connectivity index (χ2n) is 5.47. The number of amides is 1. The van der Waals surface area contributed by atoms with Gasteiger partial charge in [0.15, 0.2) is 0 Å². The zero-order chi connectivity index (χ0) is 17.1. The Balaban J connectivity index is 1.88. The molecule has 1 heterocycles. The van der Waals surface area contributed by atoms with Crippen LogP contribution in [0.15, 0.2) is 42.5 Å². The minimum absolute atomic E-state index is 0.0325. The number of hydrogen-bond donors (Lipinski definition) is 0. The maximum atomic E-state index is 12.4. The lowest BCUT2D eigenvalue weighted by atomic mass is 10.2. The van der Waals surface area contributed by atoms with Crippen LogP contribution in [-0.2, 0) is 0 Å². The van der Waals surface area contributed by atoms with E-state index in [1.807, 2.05) is 0 Å². The third-order valence-corrected chi connectivity index (χ3v) is 4.13. The van der Waals surface area contributed by atoms with Crippen molar-refractivity contribution in [1.29, 1.82) is 0 Å². The number of nitrogens with zero attached hydrogens (tertiary/aromatic N) is 2. The summed E-state index contributed by atoms with van der Waals surface area (Å²) in [6, 6.07) is 10.9. The smallest absolute Gasteiger partial charge is 0.313 e. The summed E-state index contributed by atoms with van der Waals surface area (Å²) in [5.41, 5.74) is 0.267. The summed E-state index contributed by atoms with van der Waals surface area (Å²) in [4.78, 5) is 24.8. The molecule has 1 saturated heterocycles. The maximum Gasteiger partial charge on any atom is 0.313 e. The highest BCUT2D eigenvalue weighted by atomic mass is 35.5. The molecule has 7 heteroatoms. The van der Waals surface area contributed by atoms with Crippen LogP contribution >= 0.6 is 11.6 Å². The highest BCUT2D eigenvalue weighted by Gasteiger charge is 2.22. The molecule has 0 bridgehead atoms. The van der Waals surface area contributed by atoms with E-state index < -0.39 is 4.92 Å². The first-order chi connectivity index (χ1) is 11.6. The van der Waals surface area contributed by atoms with E-state index in [1.165, 1.54) is 18.2 Å². The molecule has 0 aromatic heterocycles. The van der Waals surface area contributed by atoms with Gasteiger partial charge in [-0.2, -0.15) is 0 Å². The van der Waals surface area contributed by atoms with Crippen LogP contribution in [0.25, 0.3) is 0 Å². The number of likely N-dealkylation sites (tertiary alicyclic amines) is 1. The van der Waals surface area contributed by atoms with E-state index in [0.29, 0.717) is 11.3 Å². The van der Waals surface area contributed by atoms with E-state index in [4.69, 9.17) is 16.3 Å². The minimum atomic E-state index is -0.555. The van der Waals surface area contributed by atoms with Gasteiger partial charge in [0.05, 0.1) is 9.95 Å². The van der Waals surface area contributed by atoms with Crippen LogP contribution < -0.4 is 4.74 Å². The summed E-state index contributed by atoms with van der Waals surface area (Å²) in [5, 5.41) is 11.3. The molecule has 0 N–H and O–H groups in total. The van der Waals surface area contributed by atoms with E-state index in [9.17, 15) is 14.9 Å². The van der Waals surface area contributed by atoms with Gasteiger partial charge in [-0.25, -0.2) is 0 Å². The number of ether oxygens (including phenoxy) is 1. The van der Waals surface area contributed by atoms with E-state index >= 15 is 0 Å². The van der Waals surface area contributed by atoms with Crippen LogP contribution in [0.1, 0.15) is 23.2 Å². The quantitative estimate of drug-likeness (QED) is 0.612. The van der Waals surface area contributed by atoms with Crippen LogP contribution in [0.5, 0.6) is 11.5 Å². The Bertz CT molecular complexity index is 788. The average molecular weight is 347 g/mol. The van der Waals surface area contributed by atoms with Gasteiger partial charge in [0.2, 0.25) is 5.75 Å². The van der Waals surface area contributed by atoms with E-state index in [-0.39, 0.29) is 22.4 Å². The Morgan fingerprint density at radius 3 is 2.58 bits per heavy atom. The average Bonchev–Trinajstić information content (AvgIpc) is 3.10. The lowest BCUT2D eigenvalue weighted by Crippen LogP contribution is -2.27. The second-order valence-corrected chi connectivity index (χ2v) is 5.88. The summed E-state index contributed by atoms with van der Waals surface area (Å²) >= 11 is 6.02. The van der Waals surface area contributed by atoms with Crippen molar-refractivity contribution >= 4 is 23.2 Å². The predicted molar refractivity (Wildman–Crippen MR) is 89.8 cm³/mol. The highest BCUT2D eigenvalue weighted by molar-refractivity contribution is 6.32. The summed E-state index contributed by atoms with van der Waals surface area (Å²) in [6.45, 7) is 1.50. The van der Waals surface area contributed by atoms with Crippen LogP contribution in [0.3, 0.4) is 0 Å². The van der Waals surface area contributed by atoms with E-state index in [0.717, 1.165) is 25.9 Å². The number of nitro benzene ring substituents is 1. The summed E-state index contributed by atoms with van der Waals surface area (Å²) in [7, 11) is 0. The Kier molecular flexibility index (Phi) is 4.66. The van der Waals surface area contributed by atoms with Gasteiger partial charge in [-0.3, -0.25) is 14.9 Å². The Hall–Kier alpha value is -2.60. The van der Waals surface area contributed by atoms with Crippen molar-refractivity contribution in [2.24, 2.45) is 0 Å². The second kappa shape index (κ2) is 6.88. The van der Waals surface area contributed by atoms with E-state index in [2.05, 4.69) is 0 Å². The van der Waals surface area contributed by atoms with Crippen molar-refractivity contribution < 1.29 is 14.5 Å². The number of halogens is 1. The molecule has 24 heavy (non-hydrogen) atoms. The fourth-order valence-corrected chi connectivity index (χ4v) is 2.86. The third kappa shape index (κ3) is 3.33. The summed E-state index contributed by atoms with van der Waals surface area (Å²) in [5.74, 6) is 0.234. The largest absolute Gasteiger partial charge is 0.449 e. The number of benzene rings is 2. The highest BCUT2D eigenvalue weighted by Crippen LogP contribution is 2.37. The van der Waals surface area contributed by atoms with Crippen molar-refractivity contribution in [2.45, 2.75) is 12.8 Å². The molecular formula is C17H15ClN2O4. The lowest BCUT2D eigenvalue weighted by Gasteiger charge is -2.16. The third-order valence-electron chi connectivity index (χ3n) is 3.84. The van der Waals surface area contributed by atoms with Crippen molar-refractivity contribution in [3.05, 3.63) is 63.2 Å². The molecule has 2 aromatic rings. The molecule has 0 spiro atoms. The van der Waals surface area contributed by atoms with Gasteiger partial charge >= 0.3 is 5.69 Å².